The third-order valence-electron chi connectivity index (χ3n) is 9.59. The maximum Gasteiger partial charge on any atom is 0.151 e. The minimum Gasteiger partial charge on any atom is -0.394 e. The van der Waals surface area contributed by atoms with Crippen LogP contribution >= 0.6 is 0 Å². The fourth-order valence-electron chi connectivity index (χ4n) is 5.29. The van der Waals surface area contributed by atoms with Gasteiger partial charge in [0.25, 0.3) is 0 Å². The molecule has 0 fully saturated rings. The number of aliphatic hydroxyl groups is 17. The van der Waals surface area contributed by atoms with Crippen molar-refractivity contribution in [2.45, 2.75) is 118 Å². The summed E-state index contributed by atoms with van der Waals surface area (Å²) in [5, 5.41) is 170. The van der Waals surface area contributed by atoms with Crippen molar-refractivity contribution in [2.24, 2.45) is 5.73 Å². The molecule has 0 amide bonds. The lowest BCUT2D eigenvalue weighted by Gasteiger charge is -2.35. The van der Waals surface area contributed by atoms with Crippen LogP contribution in [0.25, 0.3) is 0 Å². The highest BCUT2D eigenvalue weighted by molar-refractivity contribution is 5.56. The smallest absolute Gasteiger partial charge is 0.151 e. The Bertz CT molecular complexity index is 1030. The van der Waals surface area contributed by atoms with Gasteiger partial charge < -0.3 is 123 Å². The summed E-state index contributed by atoms with van der Waals surface area (Å²) < 4.78 is 0. The zero-order valence-electron chi connectivity index (χ0n) is 37.5. The summed E-state index contributed by atoms with van der Waals surface area (Å²) in [5.41, 5.74) is 5.38. The van der Waals surface area contributed by atoms with Crippen LogP contribution in [-0.2, 0) is 4.79 Å². The molecule has 0 spiro atoms. The maximum atomic E-state index is 10.6. The predicted octanol–water partition coefficient (Wildman–Crippen LogP) is -10.8. The number of likely N-dealkylation sites (N-methyl/N-ethyl adjacent to an activating group) is 2. The topological polar surface area (TPSA) is 433 Å². The van der Waals surface area contributed by atoms with E-state index in [2.05, 4.69) is 34.9 Å². The molecule has 0 saturated heterocycles. The lowest BCUT2D eigenvalue weighted by atomic mass is 9.97. The van der Waals surface area contributed by atoms with E-state index in [9.17, 15) is 55.9 Å². The average molecular weight is 930 g/mol. The molecule has 0 rings (SSSR count). The lowest BCUT2D eigenvalue weighted by Crippen LogP contribution is -2.56. The van der Waals surface area contributed by atoms with Gasteiger partial charge in [-0.15, -0.1) is 0 Å². The number of nitrogens with zero attached hydrogens (tertiary/aromatic N) is 3. The van der Waals surface area contributed by atoms with E-state index in [0.29, 0.717) is 32.6 Å². The van der Waals surface area contributed by atoms with Gasteiger partial charge in [-0.1, -0.05) is 6.42 Å². The first kappa shape index (κ1) is 66.0. The van der Waals surface area contributed by atoms with Crippen LogP contribution in [0.5, 0.6) is 0 Å². The summed E-state index contributed by atoms with van der Waals surface area (Å²) in [7, 11) is 8.02. The summed E-state index contributed by atoms with van der Waals surface area (Å²) in [6.07, 6.45) is -20.3. The van der Waals surface area contributed by atoms with Gasteiger partial charge in [-0.2, -0.15) is 0 Å². The summed E-state index contributed by atoms with van der Waals surface area (Å²) >= 11 is 0. The van der Waals surface area contributed by atoms with E-state index in [1.807, 2.05) is 19.0 Å². The summed E-state index contributed by atoms with van der Waals surface area (Å²) in [6, 6.07) is 0. The van der Waals surface area contributed by atoms with E-state index < -0.39 is 105 Å². The molecule has 0 aromatic rings. The third kappa shape index (κ3) is 32.1. The van der Waals surface area contributed by atoms with Gasteiger partial charge in [-0.25, -0.2) is 0 Å². The summed E-state index contributed by atoms with van der Waals surface area (Å²) in [5.74, 6) is 0. The number of carbonyl (C=O) groups excluding carboxylic acids is 1. The summed E-state index contributed by atoms with van der Waals surface area (Å²) in [6.45, 7) is 4.69. The largest absolute Gasteiger partial charge is 0.394 e. The second-order valence-electron chi connectivity index (χ2n) is 15.7. The molecule has 0 aliphatic heterocycles. The van der Waals surface area contributed by atoms with Gasteiger partial charge in [0.2, 0.25) is 0 Å². The predicted molar refractivity (Wildman–Crippen MR) is 231 cm³/mol. The van der Waals surface area contributed by atoms with Crippen molar-refractivity contribution < 1.29 is 91.6 Å². The number of nitrogens with one attached hydrogen (secondary N) is 3. The van der Waals surface area contributed by atoms with E-state index in [-0.39, 0.29) is 25.8 Å². The molecule has 63 heavy (non-hydrogen) atoms. The standard InChI is InChI=1S/C23H52N4O12.C9H23N3.C6H12O6/c1-26(2)9-6-25-8-11-27(23(39)22(38)21(37)19(35)16(32)13-29)10-7-24-5-3-4-14(30)17(33)20(36)18(34)15(31)12-28;1-12(2)9-8-11-7-5-3-4-6-10;7-1-3(9)5(11)6(12)4(10)2-8/h14-25,28-39H,3-13H2,1-2H3;11H,3-10H2,1-2H3;1,3-6,8-12H,2H2/t14?,15-,16-,17+,18+,19+,20-,21+,22-,23?;;3-,4+,5+,6-/m0.0/s1. The van der Waals surface area contributed by atoms with Crippen LogP contribution in [0, 0.1) is 0 Å². The molecule has 2 unspecified atom stereocenters. The molecule has 22 N–H and O–H groups in total. The van der Waals surface area contributed by atoms with Crippen molar-refractivity contribution in [1.82, 2.24) is 30.7 Å². The van der Waals surface area contributed by atoms with Gasteiger partial charge >= 0.3 is 0 Å². The van der Waals surface area contributed by atoms with E-state index in [1.165, 1.54) is 17.7 Å². The second kappa shape index (κ2) is 40.9. The molecule has 0 radical (unpaired) electrons. The molecule has 0 saturated carbocycles. The van der Waals surface area contributed by atoms with Gasteiger partial charge in [-0.05, 0) is 73.5 Å². The molecule has 0 heterocycles. The Balaban J connectivity index is -0.00000121. The van der Waals surface area contributed by atoms with Crippen LogP contribution in [0.15, 0.2) is 0 Å². The average Bonchev–Trinajstić information content (AvgIpc) is 3.27. The second-order valence-corrected chi connectivity index (χ2v) is 15.7. The van der Waals surface area contributed by atoms with E-state index in [1.54, 1.807) is 0 Å². The Morgan fingerprint density at radius 1 is 0.444 bits per heavy atom. The molecule has 14 atom stereocenters. The Kier molecular flexibility index (Phi) is 42.9. The number of nitrogens with two attached hydrogens (primary N) is 1. The molecular formula is C38H87N7O18. The number of hydrogen-bond donors (Lipinski definition) is 21. The van der Waals surface area contributed by atoms with Crippen LogP contribution in [-0.4, -0.2) is 313 Å². The minimum absolute atomic E-state index is 0.0258. The van der Waals surface area contributed by atoms with Crippen molar-refractivity contribution in [1.29, 1.82) is 0 Å². The minimum atomic E-state index is -1.93. The first-order valence-electron chi connectivity index (χ1n) is 21.3. The number of aldehydes is 1. The SMILES string of the molecule is CN(C)CCNCCCCCN.CN(C)CCNCCN(CCNCCCC(O)[C@@H](O)[C@H](O)[C@H](O)[C@@H](O)CO)C(O)[C@@H](O)[C@H](O)[C@H](O)[C@@H](O)CO.O=C[C@H](O)[C@@H](O)[C@@H](O)[C@H](O)CO. The van der Waals surface area contributed by atoms with Crippen molar-refractivity contribution in [2.75, 3.05) is 120 Å². The van der Waals surface area contributed by atoms with Gasteiger partial charge in [0.15, 0.2) is 6.29 Å². The highest BCUT2D eigenvalue weighted by atomic mass is 16.4. The summed E-state index contributed by atoms with van der Waals surface area (Å²) in [4.78, 5) is 15.5. The number of unbranched alkanes of at least 4 members (excludes halogenated alkanes) is 2. The first-order chi connectivity index (χ1) is 29.6. The monoisotopic (exact) mass is 930 g/mol. The Hall–Kier alpha value is -1.29. The van der Waals surface area contributed by atoms with Crippen molar-refractivity contribution >= 4 is 6.29 Å². The van der Waals surface area contributed by atoms with Crippen molar-refractivity contribution in [3.63, 3.8) is 0 Å². The van der Waals surface area contributed by atoms with E-state index in [0.717, 1.165) is 39.1 Å². The molecule has 0 aromatic heterocycles. The fraction of sp³-hybridized carbons (Fsp3) is 0.974. The van der Waals surface area contributed by atoms with Gasteiger partial charge in [-0.3, -0.25) is 4.90 Å². The molecule has 382 valence electrons. The third-order valence-corrected chi connectivity index (χ3v) is 9.59. The van der Waals surface area contributed by atoms with E-state index >= 15 is 0 Å². The zero-order valence-corrected chi connectivity index (χ0v) is 37.5. The molecule has 25 nitrogen and oxygen atoms in total. The van der Waals surface area contributed by atoms with Gasteiger partial charge in [0.05, 0.1) is 25.9 Å². The van der Waals surface area contributed by atoms with Crippen LogP contribution in [0.3, 0.4) is 0 Å². The number of rotatable bonds is 37. The van der Waals surface area contributed by atoms with Crippen LogP contribution in [0.2, 0.25) is 0 Å². The van der Waals surface area contributed by atoms with Crippen LogP contribution in [0.4, 0.5) is 0 Å². The fourth-order valence-corrected chi connectivity index (χ4v) is 5.29. The molecule has 0 bridgehead atoms. The highest BCUT2D eigenvalue weighted by Gasteiger charge is 2.37. The Labute approximate surface area is 371 Å². The van der Waals surface area contributed by atoms with Crippen molar-refractivity contribution in [3.05, 3.63) is 0 Å². The first-order valence-corrected chi connectivity index (χ1v) is 21.3. The molecule has 0 aliphatic rings. The number of carbonyl (C=O) groups is 1. The lowest BCUT2D eigenvalue weighted by molar-refractivity contribution is -0.170. The normalized spacial score (nSPS) is 18.7. The van der Waals surface area contributed by atoms with Crippen LogP contribution < -0.4 is 21.7 Å². The van der Waals surface area contributed by atoms with Gasteiger partial charge in [0.1, 0.15) is 79.5 Å². The number of hydrogen-bond acceptors (Lipinski definition) is 25. The molecule has 25 heteroatoms. The Morgan fingerprint density at radius 3 is 1.21 bits per heavy atom. The molecule has 0 aliphatic carbocycles. The maximum absolute atomic E-state index is 10.6. The number of aliphatic hydroxyl groups excluding tert-OH is 17. The quantitative estimate of drug-likeness (QED) is 0.0156. The van der Waals surface area contributed by atoms with E-state index in [4.69, 9.17) is 41.5 Å². The molecule has 0 aromatic carbocycles. The highest BCUT2D eigenvalue weighted by Crippen LogP contribution is 2.13. The van der Waals surface area contributed by atoms with Crippen LogP contribution in [0.1, 0.15) is 32.1 Å². The van der Waals surface area contributed by atoms with Crippen molar-refractivity contribution in [3.8, 4) is 0 Å². The Morgan fingerprint density at radius 2 is 0.810 bits per heavy atom. The van der Waals surface area contributed by atoms with Gasteiger partial charge in [0, 0.05) is 52.4 Å². The zero-order chi connectivity index (χ0) is 49.1. The molecular weight excluding hydrogens is 842 g/mol.